The number of nitrogens with zero attached hydrogens (tertiary/aromatic N) is 2. The van der Waals surface area contributed by atoms with Gasteiger partial charge in [0.15, 0.2) is 5.82 Å². The molecule has 3 aromatic rings. The van der Waals surface area contributed by atoms with Crippen molar-refractivity contribution in [2.24, 2.45) is 0 Å². The van der Waals surface area contributed by atoms with Crippen molar-refractivity contribution < 1.29 is 18.7 Å². The molecule has 27 heavy (non-hydrogen) atoms. The number of benzene rings is 2. The normalized spacial score (nSPS) is 10.5. The van der Waals surface area contributed by atoms with Crippen LogP contribution >= 0.6 is 11.8 Å². The Morgan fingerprint density at radius 2 is 1.81 bits per heavy atom. The fourth-order valence-corrected chi connectivity index (χ4v) is 2.85. The number of aromatic nitrogens is 3. The number of thioether (sulfide) groups is 1. The van der Waals surface area contributed by atoms with E-state index in [-0.39, 0.29) is 17.5 Å². The first kappa shape index (κ1) is 18.7. The van der Waals surface area contributed by atoms with Crippen molar-refractivity contribution in [1.82, 2.24) is 15.2 Å². The highest BCUT2D eigenvalue weighted by Gasteiger charge is 2.10. The van der Waals surface area contributed by atoms with Crippen LogP contribution in [-0.2, 0) is 4.79 Å². The van der Waals surface area contributed by atoms with Gasteiger partial charge in [-0.05, 0) is 24.3 Å². The number of H-pyrrole nitrogens is 1. The number of amides is 1. The van der Waals surface area contributed by atoms with Gasteiger partial charge >= 0.3 is 0 Å². The third kappa shape index (κ3) is 4.98. The number of ether oxygens (including phenoxy) is 2. The molecule has 1 heterocycles. The number of halogens is 1. The molecule has 3 rings (SSSR count). The Balaban J connectivity index is 1.59. The van der Waals surface area contributed by atoms with Crippen molar-refractivity contribution in [2.75, 3.05) is 25.3 Å². The zero-order chi connectivity index (χ0) is 19.2. The molecule has 9 heteroatoms. The van der Waals surface area contributed by atoms with Crippen LogP contribution in [0, 0.1) is 5.82 Å². The summed E-state index contributed by atoms with van der Waals surface area (Å²) in [5, 5.41) is 10.0. The molecule has 1 aromatic heterocycles. The molecule has 0 aliphatic rings. The molecule has 2 aromatic carbocycles. The van der Waals surface area contributed by atoms with Crippen molar-refractivity contribution >= 4 is 23.4 Å². The molecule has 0 saturated carbocycles. The number of carbonyl (C=O) groups excluding carboxylic acids is 1. The number of anilines is 1. The molecular formula is C18H17FN4O3S. The lowest BCUT2D eigenvalue weighted by Crippen LogP contribution is -2.14. The second kappa shape index (κ2) is 8.54. The van der Waals surface area contributed by atoms with Gasteiger partial charge in [0.1, 0.15) is 17.3 Å². The Labute approximate surface area is 159 Å². The van der Waals surface area contributed by atoms with E-state index in [4.69, 9.17) is 9.47 Å². The molecule has 0 bridgehead atoms. The first-order valence-electron chi connectivity index (χ1n) is 7.91. The zero-order valence-electron chi connectivity index (χ0n) is 14.7. The molecule has 2 N–H and O–H groups in total. The van der Waals surface area contributed by atoms with Crippen molar-refractivity contribution in [3.8, 4) is 22.9 Å². The standard InChI is InChI=1S/C18H17FN4O3S/c1-25-14-7-13(8-15(9-14)26-2)20-16(24)10-27-18-21-17(22-23-18)11-3-5-12(19)6-4-11/h3-9H,10H2,1-2H3,(H,20,24)(H,21,22,23). The minimum atomic E-state index is -0.321. The molecule has 0 atom stereocenters. The van der Waals surface area contributed by atoms with E-state index < -0.39 is 0 Å². The SMILES string of the molecule is COc1cc(NC(=O)CSc2n[nH]c(-c3ccc(F)cc3)n2)cc(OC)c1. The van der Waals surface area contributed by atoms with Crippen LogP contribution in [0.15, 0.2) is 47.6 Å². The van der Waals surface area contributed by atoms with Gasteiger partial charge in [-0.15, -0.1) is 5.10 Å². The number of rotatable bonds is 7. The van der Waals surface area contributed by atoms with Gasteiger partial charge in [0.25, 0.3) is 0 Å². The maximum atomic E-state index is 13.0. The predicted octanol–water partition coefficient (Wildman–Crippen LogP) is 3.36. The maximum absolute atomic E-state index is 13.0. The van der Waals surface area contributed by atoms with E-state index in [2.05, 4.69) is 20.5 Å². The van der Waals surface area contributed by atoms with Crippen molar-refractivity contribution in [1.29, 1.82) is 0 Å². The minimum absolute atomic E-state index is 0.125. The van der Waals surface area contributed by atoms with Gasteiger partial charge in [-0.1, -0.05) is 11.8 Å². The predicted molar refractivity (Wildman–Crippen MR) is 101 cm³/mol. The van der Waals surface area contributed by atoms with E-state index in [1.165, 1.54) is 38.1 Å². The highest BCUT2D eigenvalue weighted by molar-refractivity contribution is 7.99. The van der Waals surface area contributed by atoms with Crippen LogP contribution in [0.5, 0.6) is 11.5 Å². The molecule has 0 fully saturated rings. The summed E-state index contributed by atoms with van der Waals surface area (Å²) in [6, 6.07) is 11.0. The van der Waals surface area contributed by atoms with Crippen molar-refractivity contribution in [2.45, 2.75) is 5.16 Å². The third-order valence-electron chi connectivity index (χ3n) is 3.55. The van der Waals surface area contributed by atoms with E-state index in [0.717, 1.165) is 0 Å². The van der Waals surface area contributed by atoms with E-state index in [9.17, 15) is 9.18 Å². The number of methoxy groups -OCH3 is 2. The molecule has 1 amide bonds. The summed E-state index contributed by atoms with van der Waals surface area (Å²) in [5.41, 5.74) is 1.28. The van der Waals surface area contributed by atoms with Crippen LogP contribution in [0.2, 0.25) is 0 Å². The molecule has 0 aliphatic carbocycles. The van der Waals surface area contributed by atoms with Gasteiger partial charge < -0.3 is 14.8 Å². The fourth-order valence-electron chi connectivity index (χ4n) is 2.25. The molecule has 7 nitrogen and oxygen atoms in total. The Hall–Kier alpha value is -3.07. The zero-order valence-corrected chi connectivity index (χ0v) is 15.5. The highest BCUT2D eigenvalue weighted by Crippen LogP contribution is 2.26. The lowest BCUT2D eigenvalue weighted by molar-refractivity contribution is -0.113. The number of aromatic amines is 1. The van der Waals surface area contributed by atoms with Crippen LogP contribution < -0.4 is 14.8 Å². The largest absolute Gasteiger partial charge is 0.497 e. The first-order chi connectivity index (χ1) is 13.1. The molecule has 0 unspecified atom stereocenters. The summed E-state index contributed by atoms with van der Waals surface area (Å²) in [6.07, 6.45) is 0. The molecule has 140 valence electrons. The highest BCUT2D eigenvalue weighted by atomic mass is 32.2. The Morgan fingerprint density at radius 1 is 1.15 bits per heavy atom. The second-order valence-corrected chi connectivity index (χ2v) is 6.35. The molecule has 0 aliphatic heterocycles. The van der Waals surface area contributed by atoms with Crippen LogP contribution in [0.25, 0.3) is 11.4 Å². The summed E-state index contributed by atoms with van der Waals surface area (Å²) in [7, 11) is 3.08. The van der Waals surface area contributed by atoms with Crippen LogP contribution in [-0.4, -0.2) is 41.1 Å². The van der Waals surface area contributed by atoms with Crippen LogP contribution in [0.4, 0.5) is 10.1 Å². The van der Waals surface area contributed by atoms with Gasteiger partial charge in [0.05, 0.1) is 20.0 Å². The van der Waals surface area contributed by atoms with Crippen molar-refractivity contribution in [3.63, 3.8) is 0 Å². The van der Waals surface area contributed by atoms with Crippen LogP contribution in [0.1, 0.15) is 0 Å². The summed E-state index contributed by atoms with van der Waals surface area (Å²) < 4.78 is 23.3. The lowest BCUT2D eigenvalue weighted by Gasteiger charge is -2.09. The van der Waals surface area contributed by atoms with E-state index in [1.807, 2.05) is 0 Å². The topological polar surface area (TPSA) is 89.1 Å². The van der Waals surface area contributed by atoms with Crippen LogP contribution in [0.3, 0.4) is 0 Å². The number of carbonyl (C=O) groups is 1. The van der Waals surface area contributed by atoms with Gasteiger partial charge in [0.2, 0.25) is 11.1 Å². The minimum Gasteiger partial charge on any atom is -0.497 e. The van der Waals surface area contributed by atoms with Crippen molar-refractivity contribution in [3.05, 3.63) is 48.3 Å². The summed E-state index contributed by atoms with van der Waals surface area (Å²) in [4.78, 5) is 16.5. The average molecular weight is 388 g/mol. The lowest BCUT2D eigenvalue weighted by atomic mass is 10.2. The monoisotopic (exact) mass is 388 g/mol. The number of hydrogen-bond acceptors (Lipinski definition) is 6. The molecule has 0 radical (unpaired) electrons. The maximum Gasteiger partial charge on any atom is 0.234 e. The quantitative estimate of drug-likeness (QED) is 0.604. The molecule has 0 spiro atoms. The van der Waals surface area contributed by atoms with Gasteiger partial charge in [-0.3, -0.25) is 9.89 Å². The van der Waals surface area contributed by atoms with Gasteiger partial charge in [-0.2, -0.15) is 0 Å². The van der Waals surface area contributed by atoms with Gasteiger partial charge in [-0.25, -0.2) is 9.37 Å². The van der Waals surface area contributed by atoms with Gasteiger partial charge in [0, 0.05) is 29.4 Å². The second-order valence-electron chi connectivity index (χ2n) is 5.41. The summed E-state index contributed by atoms with van der Waals surface area (Å²) in [6.45, 7) is 0. The summed E-state index contributed by atoms with van der Waals surface area (Å²) >= 11 is 1.18. The molecular weight excluding hydrogens is 371 g/mol. The fraction of sp³-hybridized carbons (Fsp3) is 0.167. The molecule has 0 saturated heterocycles. The Morgan fingerprint density at radius 3 is 2.44 bits per heavy atom. The average Bonchev–Trinajstić information content (AvgIpc) is 3.15. The van der Waals surface area contributed by atoms with E-state index >= 15 is 0 Å². The Bertz CT molecular complexity index is 908. The number of nitrogens with one attached hydrogen (secondary N) is 2. The van der Waals surface area contributed by atoms with E-state index in [0.29, 0.717) is 33.7 Å². The summed E-state index contributed by atoms with van der Waals surface area (Å²) in [5.74, 6) is 1.25. The Kier molecular flexibility index (Phi) is 5.92. The first-order valence-corrected chi connectivity index (χ1v) is 8.90. The smallest absolute Gasteiger partial charge is 0.234 e. The number of hydrogen-bond donors (Lipinski definition) is 2. The third-order valence-corrected chi connectivity index (χ3v) is 4.40. The van der Waals surface area contributed by atoms with E-state index in [1.54, 1.807) is 30.3 Å².